The molecule has 0 aromatic heterocycles. The van der Waals surface area contributed by atoms with E-state index < -0.39 is 17.7 Å². The quantitative estimate of drug-likeness (QED) is 0.893. The summed E-state index contributed by atoms with van der Waals surface area (Å²) >= 11 is 3.18. The highest BCUT2D eigenvalue weighted by Crippen LogP contribution is 2.18. The first-order chi connectivity index (χ1) is 8.69. The summed E-state index contributed by atoms with van der Waals surface area (Å²) in [4.78, 5) is 22.3. The van der Waals surface area contributed by atoms with Crippen LogP contribution in [0.25, 0.3) is 0 Å². The van der Waals surface area contributed by atoms with Gasteiger partial charge in [0.25, 0.3) is 0 Å². The fraction of sp³-hybridized carbons (Fsp3) is 0.385. The van der Waals surface area contributed by atoms with Gasteiger partial charge in [-0.25, -0.2) is 9.59 Å². The molecule has 19 heavy (non-hydrogen) atoms. The van der Waals surface area contributed by atoms with Crippen LogP contribution in [0.1, 0.15) is 36.7 Å². The molecule has 0 aliphatic heterocycles. The predicted octanol–water partition coefficient (Wildman–Crippen LogP) is 3.17. The van der Waals surface area contributed by atoms with E-state index in [0.717, 1.165) is 5.56 Å². The number of amides is 1. The molecule has 1 rings (SSSR count). The Balaban J connectivity index is 2.62. The van der Waals surface area contributed by atoms with Crippen molar-refractivity contribution < 1.29 is 19.4 Å². The summed E-state index contributed by atoms with van der Waals surface area (Å²) < 4.78 is 5.57. The zero-order valence-corrected chi connectivity index (χ0v) is 12.6. The van der Waals surface area contributed by atoms with E-state index >= 15 is 0 Å². The van der Waals surface area contributed by atoms with Gasteiger partial charge < -0.3 is 15.2 Å². The van der Waals surface area contributed by atoms with Crippen LogP contribution in [0.15, 0.2) is 22.7 Å². The maximum atomic E-state index is 11.5. The molecule has 0 unspecified atom stereocenters. The molecular formula is C13H16BrNO4. The van der Waals surface area contributed by atoms with Crippen molar-refractivity contribution in [3.63, 3.8) is 0 Å². The smallest absolute Gasteiger partial charge is 0.407 e. The second-order valence-corrected chi connectivity index (χ2v) is 5.83. The number of hydrogen-bond donors (Lipinski definition) is 2. The topological polar surface area (TPSA) is 75.6 Å². The Morgan fingerprint density at radius 3 is 2.47 bits per heavy atom. The number of alkyl carbamates (subject to hydrolysis) is 1. The molecule has 0 atom stereocenters. The third-order valence-electron chi connectivity index (χ3n) is 2.10. The van der Waals surface area contributed by atoms with E-state index in [4.69, 9.17) is 9.84 Å². The van der Waals surface area contributed by atoms with Crippen LogP contribution >= 0.6 is 15.9 Å². The van der Waals surface area contributed by atoms with E-state index in [2.05, 4.69) is 21.2 Å². The number of carbonyl (C=O) groups is 2. The van der Waals surface area contributed by atoms with Crippen molar-refractivity contribution in [3.8, 4) is 0 Å². The van der Waals surface area contributed by atoms with Gasteiger partial charge in [0.15, 0.2) is 0 Å². The molecule has 1 aromatic carbocycles. The highest BCUT2D eigenvalue weighted by Gasteiger charge is 2.16. The summed E-state index contributed by atoms with van der Waals surface area (Å²) in [5.74, 6) is -1.00. The Labute approximate surface area is 120 Å². The summed E-state index contributed by atoms with van der Waals surface area (Å²) in [7, 11) is 0. The van der Waals surface area contributed by atoms with Crippen LogP contribution in [0.3, 0.4) is 0 Å². The SMILES string of the molecule is CC(C)(C)OC(=O)NCc1ccc(C(=O)O)c(Br)c1. The van der Waals surface area contributed by atoms with Crippen LogP contribution in [0.2, 0.25) is 0 Å². The van der Waals surface area contributed by atoms with E-state index in [9.17, 15) is 9.59 Å². The van der Waals surface area contributed by atoms with Gasteiger partial charge in [-0.05, 0) is 54.4 Å². The lowest BCUT2D eigenvalue weighted by molar-refractivity contribution is 0.0522. The normalized spacial score (nSPS) is 10.9. The van der Waals surface area contributed by atoms with E-state index in [-0.39, 0.29) is 12.1 Å². The molecule has 0 aliphatic carbocycles. The van der Waals surface area contributed by atoms with Gasteiger partial charge in [-0.15, -0.1) is 0 Å². The van der Waals surface area contributed by atoms with Crippen molar-refractivity contribution in [1.82, 2.24) is 5.32 Å². The van der Waals surface area contributed by atoms with Gasteiger partial charge in [-0.2, -0.15) is 0 Å². The Hall–Kier alpha value is -1.56. The second kappa shape index (κ2) is 6.06. The van der Waals surface area contributed by atoms with Crippen LogP contribution < -0.4 is 5.32 Å². The Kier molecular flexibility index (Phi) is 4.94. The first-order valence-electron chi connectivity index (χ1n) is 5.67. The average molecular weight is 330 g/mol. The van der Waals surface area contributed by atoms with Crippen molar-refractivity contribution in [3.05, 3.63) is 33.8 Å². The zero-order valence-electron chi connectivity index (χ0n) is 11.0. The standard InChI is InChI=1S/C13H16BrNO4/c1-13(2,3)19-12(18)15-7-8-4-5-9(11(16)17)10(14)6-8/h4-6H,7H2,1-3H3,(H,15,18)(H,16,17). The van der Waals surface area contributed by atoms with Gasteiger partial charge in [0.1, 0.15) is 5.60 Å². The molecule has 0 saturated carbocycles. The highest BCUT2D eigenvalue weighted by molar-refractivity contribution is 9.10. The van der Waals surface area contributed by atoms with E-state index in [0.29, 0.717) is 4.47 Å². The van der Waals surface area contributed by atoms with Crippen molar-refractivity contribution in [2.45, 2.75) is 32.9 Å². The Morgan fingerprint density at radius 2 is 2.00 bits per heavy atom. The lowest BCUT2D eigenvalue weighted by Crippen LogP contribution is -2.32. The molecule has 5 nitrogen and oxygen atoms in total. The van der Waals surface area contributed by atoms with Crippen LogP contribution in [0.4, 0.5) is 4.79 Å². The molecule has 6 heteroatoms. The van der Waals surface area contributed by atoms with Crippen LogP contribution in [-0.4, -0.2) is 22.8 Å². The number of carboxylic acid groups (broad SMARTS) is 1. The Morgan fingerprint density at radius 1 is 1.37 bits per heavy atom. The minimum atomic E-state index is -1.00. The fourth-order valence-electron chi connectivity index (χ4n) is 1.33. The summed E-state index contributed by atoms with van der Waals surface area (Å²) in [5.41, 5.74) is 0.418. The summed E-state index contributed by atoms with van der Waals surface area (Å²) in [5, 5.41) is 11.5. The van der Waals surface area contributed by atoms with Gasteiger partial charge in [-0.3, -0.25) is 0 Å². The number of hydrogen-bond acceptors (Lipinski definition) is 3. The van der Waals surface area contributed by atoms with Gasteiger partial charge in [0.2, 0.25) is 0 Å². The number of aromatic carboxylic acids is 1. The van der Waals surface area contributed by atoms with E-state index in [1.54, 1.807) is 32.9 Å². The number of ether oxygens (including phenoxy) is 1. The summed E-state index contributed by atoms with van der Waals surface area (Å²) in [6.45, 7) is 5.62. The molecule has 0 bridgehead atoms. The third kappa shape index (κ3) is 5.30. The molecule has 1 aromatic rings. The van der Waals surface area contributed by atoms with Crippen molar-refractivity contribution >= 4 is 28.0 Å². The summed E-state index contributed by atoms with van der Waals surface area (Å²) in [6, 6.07) is 4.78. The Bertz CT molecular complexity index is 494. The summed E-state index contributed by atoms with van der Waals surface area (Å²) in [6.07, 6.45) is -0.508. The van der Waals surface area contributed by atoms with Gasteiger partial charge >= 0.3 is 12.1 Å². The molecule has 1 amide bonds. The second-order valence-electron chi connectivity index (χ2n) is 4.97. The number of carbonyl (C=O) groups excluding carboxylic acids is 1. The molecule has 0 aliphatic rings. The predicted molar refractivity (Wildman–Crippen MR) is 74.2 cm³/mol. The number of benzene rings is 1. The first kappa shape index (κ1) is 15.5. The van der Waals surface area contributed by atoms with Gasteiger partial charge in [-0.1, -0.05) is 6.07 Å². The first-order valence-corrected chi connectivity index (χ1v) is 6.47. The van der Waals surface area contributed by atoms with Gasteiger partial charge in [0.05, 0.1) is 5.56 Å². The molecule has 0 spiro atoms. The van der Waals surface area contributed by atoms with Crippen LogP contribution in [0.5, 0.6) is 0 Å². The number of rotatable bonds is 3. The number of nitrogens with one attached hydrogen (secondary N) is 1. The molecule has 0 radical (unpaired) electrons. The minimum Gasteiger partial charge on any atom is -0.478 e. The maximum absolute atomic E-state index is 11.5. The van der Waals surface area contributed by atoms with Crippen LogP contribution in [-0.2, 0) is 11.3 Å². The maximum Gasteiger partial charge on any atom is 0.407 e. The van der Waals surface area contributed by atoms with Gasteiger partial charge in [0, 0.05) is 11.0 Å². The minimum absolute atomic E-state index is 0.181. The van der Waals surface area contributed by atoms with Crippen molar-refractivity contribution in [2.75, 3.05) is 0 Å². The lowest BCUT2D eigenvalue weighted by atomic mass is 10.1. The largest absolute Gasteiger partial charge is 0.478 e. The van der Waals surface area contributed by atoms with E-state index in [1.165, 1.54) is 6.07 Å². The number of halogens is 1. The third-order valence-corrected chi connectivity index (χ3v) is 2.76. The average Bonchev–Trinajstić information content (AvgIpc) is 2.23. The van der Waals surface area contributed by atoms with Crippen molar-refractivity contribution in [2.24, 2.45) is 0 Å². The lowest BCUT2D eigenvalue weighted by Gasteiger charge is -2.19. The molecule has 0 heterocycles. The molecule has 104 valence electrons. The zero-order chi connectivity index (χ0) is 14.6. The van der Waals surface area contributed by atoms with E-state index in [1.807, 2.05) is 0 Å². The molecule has 2 N–H and O–H groups in total. The monoisotopic (exact) mass is 329 g/mol. The fourth-order valence-corrected chi connectivity index (χ4v) is 1.93. The van der Waals surface area contributed by atoms with Crippen LogP contribution in [0, 0.1) is 0 Å². The number of carboxylic acids is 1. The molecule has 0 fully saturated rings. The molecular weight excluding hydrogens is 314 g/mol. The van der Waals surface area contributed by atoms with Crippen molar-refractivity contribution in [1.29, 1.82) is 0 Å². The molecule has 0 saturated heterocycles. The highest BCUT2D eigenvalue weighted by atomic mass is 79.9.